The molecule has 0 unspecified atom stereocenters. The number of benzene rings is 1. The van der Waals surface area contributed by atoms with Crippen molar-refractivity contribution in [2.75, 3.05) is 25.4 Å². The summed E-state index contributed by atoms with van der Waals surface area (Å²) in [6, 6.07) is 3.84. The van der Waals surface area contributed by atoms with Gasteiger partial charge >= 0.3 is 5.97 Å². The van der Waals surface area contributed by atoms with Crippen molar-refractivity contribution >= 4 is 89.8 Å². The van der Waals surface area contributed by atoms with Gasteiger partial charge < -0.3 is 9.64 Å². The van der Waals surface area contributed by atoms with Crippen molar-refractivity contribution in [3.8, 4) is 0 Å². The van der Waals surface area contributed by atoms with Crippen molar-refractivity contribution in [1.82, 2.24) is 4.90 Å². The molecule has 1 aromatic rings. The molecule has 1 N–H and O–H groups in total. The Morgan fingerprint density at radius 3 is 2.46 bits per heavy atom. The molecule has 0 saturated heterocycles. The van der Waals surface area contributed by atoms with Gasteiger partial charge in [-0.3, -0.25) is 14.1 Å². The molecule has 0 aromatic heterocycles. The van der Waals surface area contributed by atoms with E-state index in [4.69, 9.17) is 9.29 Å². The average Bonchev–Trinajstić information content (AvgIpc) is 2.53. The predicted molar refractivity (Wildman–Crippen MR) is 123 cm³/mol. The van der Waals surface area contributed by atoms with E-state index >= 15 is 0 Å². The largest absolute Gasteiger partial charge is 0.464 e. The summed E-state index contributed by atoms with van der Waals surface area (Å²) in [6.07, 6.45) is 0.470. The first-order valence-corrected chi connectivity index (χ1v) is 12.4. The van der Waals surface area contributed by atoms with Crippen molar-refractivity contribution in [2.45, 2.75) is 19.8 Å². The number of nitrogens with zero attached hydrogens (tertiary/aromatic N) is 1. The second-order valence-corrected chi connectivity index (χ2v) is 10.3. The van der Waals surface area contributed by atoms with Gasteiger partial charge in [-0.2, -0.15) is 8.42 Å². The normalized spacial score (nSPS) is 11.3. The lowest BCUT2D eigenvalue weighted by molar-refractivity contribution is -0.143. The van der Waals surface area contributed by atoms with Crippen LogP contribution in [0.15, 0.2) is 12.1 Å². The third-order valence-corrected chi connectivity index (χ3v) is 7.66. The van der Waals surface area contributed by atoms with Gasteiger partial charge in [-0.05, 0) is 93.2 Å². The minimum atomic E-state index is -4.14. The molecule has 0 fully saturated rings. The SMILES string of the molecule is CCN(CCCC(=O)OCCS(=O)(=O)O)C(=O)c1cc(I)cc(I)c1I. The number of esters is 1. The third kappa shape index (κ3) is 8.52. The molecule has 0 aliphatic carbocycles. The third-order valence-electron chi connectivity index (χ3n) is 3.31. The Kier molecular flexibility index (Phi) is 10.6. The topological polar surface area (TPSA) is 101 Å². The Morgan fingerprint density at radius 2 is 1.88 bits per heavy atom. The van der Waals surface area contributed by atoms with Crippen molar-refractivity contribution in [3.63, 3.8) is 0 Å². The maximum atomic E-state index is 12.8. The standard InChI is InChI=1S/C15H18I3NO6S/c1-2-19(5-3-4-13(20)25-6-7-26(22,23)24)15(21)11-8-10(16)9-12(17)14(11)18/h8-9H,2-7H2,1H3,(H,22,23,24). The molecule has 0 atom stereocenters. The second-order valence-electron chi connectivity index (χ2n) is 5.24. The molecule has 1 amide bonds. The Labute approximate surface area is 193 Å². The number of ether oxygens (including phenoxy) is 1. The molecule has 0 radical (unpaired) electrons. The smallest absolute Gasteiger partial charge is 0.305 e. The van der Waals surface area contributed by atoms with Crippen molar-refractivity contribution < 1.29 is 27.3 Å². The zero-order chi connectivity index (χ0) is 19.9. The molecule has 0 heterocycles. The van der Waals surface area contributed by atoms with Gasteiger partial charge in [0.15, 0.2) is 0 Å². The fourth-order valence-corrected chi connectivity index (χ4v) is 4.71. The Hall–Kier alpha value is 0.260. The summed E-state index contributed by atoms with van der Waals surface area (Å²) in [4.78, 5) is 26.0. The average molecular weight is 721 g/mol. The van der Waals surface area contributed by atoms with Crippen LogP contribution in [0.3, 0.4) is 0 Å². The number of hydrogen-bond donors (Lipinski definition) is 1. The lowest BCUT2D eigenvalue weighted by Gasteiger charge is -2.22. The van der Waals surface area contributed by atoms with Gasteiger partial charge in [0.1, 0.15) is 12.4 Å². The highest BCUT2D eigenvalue weighted by Crippen LogP contribution is 2.24. The van der Waals surface area contributed by atoms with E-state index < -0.39 is 21.8 Å². The van der Waals surface area contributed by atoms with E-state index in [-0.39, 0.29) is 18.9 Å². The zero-order valence-electron chi connectivity index (χ0n) is 13.9. The van der Waals surface area contributed by atoms with E-state index in [0.717, 1.165) is 10.7 Å². The van der Waals surface area contributed by atoms with Crippen molar-refractivity contribution in [3.05, 3.63) is 28.4 Å². The summed E-state index contributed by atoms with van der Waals surface area (Å²) in [5.41, 5.74) is 0.638. The van der Waals surface area contributed by atoms with Gasteiger partial charge in [0.05, 0.1) is 5.56 Å². The van der Waals surface area contributed by atoms with Gasteiger partial charge in [0.25, 0.3) is 16.0 Å². The van der Waals surface area contributed by atoms with Crippen LogP contribution in [0.5, 0.6) is 0 Å². The summed E-state index contributed by atoms with van der Waals surface area (Å²) in [5, 5.41) is 0. The lowest BCUT2D eigenvalue weighted by atomic mass is 10.2. The summed E-state index contributed by atoms with van der Waals surface area (Å²) >= 11 is 6.52. The molecular weight excluding hydrogens is 703 g/mol. The molecule has 11 heteroatoms. The summed E-state index contributed by atoms with van der Waals surface area (Å²) in [6.45, 7) is 2.39. The molecule has 0 aliphatic heterocycles. The van der Waals surface area contributed by atoms with Gasteiger partial charge in [-0.1, -0.05) is 0 Å². The first-order valence-electron chi connectivity index (χ1n) is 7.59. The van der Waals surface area contributed by atoms with E-state index in [1.807, 2.05) is 19.1 Å². The van der Waals surface area contributed by atoms with Crippen LogP contribution in [0.25, 0.3) is 0 Å². The highest BCUT2D eigenvalue weighted by atomic mass is 127. The number of amides is 1. The zero-order valence-corrected chi connectivity index (χ0v) is 21.2. The Morgan fingerprint density at radius 1 is 1.23 bits per heavy atom. The van der Waals surface area contributed by atoms with E-state index in [9.17, 15) is 18.0 Å². The van der Waals surface area contributed by atoms with Gasteiger partial charge in [-0.15, -0.1) is 0 Å². The van der Waals surface area contributed by atoms with E-state index in [2.05, 4.69) is 67.8 Å². The van der Waals surface area contributed by atoms with E-state index in [1.165, 1.54) is 0 Å². The van der Waals surface area contributed by atoms with Gasteiger partial charge in [0.2, 0.25) is 0 Å². The monoisotopic (exact) mass is 721 g/mol. The van der Waals surface area contributed by atoms with Crippen LogP contribution < -0.4 is 0 Å². The van der Waals surface area contributed by atoms with Crippen molar-refractivity contribution in [2.24, 2.45) is 0 Å². The maximum Gasteiger partial charge on any atom is 0.305 e. The van der Waals surface area contributed by atoms with Crippen LogP contribution in [0.1, 0.15) is 30.1 Å². The highest BCUT2D eigenvalue weighted by Gasteiger charge is 2.19. The summed E-state index contributed by atoms with van der Waals surface area (Å²) in [7, 11) is -4.14. The molecular formula is C15H18I3NO6S. The molecule has 26 heavy (non-hydrogen) atoms. The molecule has 0 spiro atoms. The first-order chi connectivity index (χ1) is 12.0. The van der Waals surface area contributed by atoms with Crippen LogP contribution in [0.4, 0.5) is 0 Å². The Balaban J connectivity index is 2.57. The minimum absolute atomic E-state index is 0.0657. The van der Waals surface area contributed by atoms with Crippen molar-refractivity contribution in [1.29, 1.82) is 0 Å². The van der Waals surface area contributed by atoms with E-state index in [1.54, 1.807) is 4.90 Å². The fraction of sp³-hybridized carbons (Fsp3) is 0.467. The summed E-state index contributed by atoms with van der Waals surface area (Å²) < 4.78 is 37.3. The number of rotatable bonds is 9. The van der Waals surface area contributed by atoms with Gasteiger partial charge in [-0.25, -0.2) is 0 Å². The van der Waals surface area contributed by atoms with Crippen LogP contribution in [-0.2, 0) is 19.6 Å². The molecule has 1 aromatic carbocycles. The number of carbonyl (C=O) groups excluding carboxylic acids is 2. The maximum absolute atomic E-state index is 12.8. The molecule has 0 saturated carbocycles. The predicted octanol–water partition coefficient (Wildman–Crippen LogP) is 3.17. The lowest BCUT2D eigenvalue weighted by Crippen LogP contribution is -2.33. The molecule has 1 rings (SSSR count). The molecule has 146 valence electrons. The number of carbonyl (C=O) groups is 2. The number of halogens is 3. The fourth-order valence-electron chi connectivity index (χ4n) is 2.03. The second kappa shape index (κ2) is 11.3. The quantitative estimate of drug-likeness (QED) is 0.182. The molecule has 0 bridgehead atoms. The van der Waals surface area contributed by atoms with Crippen LogP contribution in [-0.4, -0.2) is 55.2 Å². The Bertz CT molecular complexity index is 769. The number of hydrogen-bond acceptors (Lipinski definition) is 5. The van der Waals surface area contributed by atoms with E-state index in [0.29, 0.717) is 25.1 Å². The first kappa shape index (κ1) is 24.3. The minimum Gasteiger partial charge on any atom is -0.464 e. The molecule has 7 nitrogen and oxygen atoms in total. The van der Waals surface area contributed by atoms with Crippen LogP contribution in [0, 0.1) is 10.7 Å². The van der Waals surface area contributed by atoms with Crippen LogP contribution in [0.2, 0.25) is 0 Å². The highest BCUT2D eigenvalue weighted by molar-refractivity contribution is 14.1. The molecule has 0 aliphatic rings. The summed E-state index contributed by atoms with van der Waals surface area (Å²) in [5.74, 6) is -1.27. The van der Waals surface area contributed by atoms with Gasteiger partial charge in [0, 0.05) is 30.2 Å². The van der Waals surface area contributed by atoms with Crippen LogP contribution >= 0.6 is 67.8 Å².